The highest BCUT2D eigenvalue weighted by Crippen LogP contribution is 2.38. The highest BCUT2D eigenvalue weighted by Gasteiger charge is 2.14. The molecule has 1 N–H and O–H groups in total. The van der Waals surface area contributed by atoms with Crippen LogP contribution >= 0.6 is 22.9 Å². The van der Waals surface area contributed by atoms with E-state index in [-0.39, 0.29) is 12.4 Å². The Morgan fingerprint density at radius 1 is 1.00 bits per heavy atom. The van der Waals surface area contributed by atoms with Crippen LogP contribution in [-0.4, -0.2) is 16.6 Å². The van der Waals surface area contributed by atoms with Gasteiger partial charge in [0.15, 0.2) is 5.82 Å². The number of ether oxygens (including phenoxy) is 2. The molecule has 0 unspecified atom stereocenters. The van der Waals surface area contributed by atoms with Crippen molar-refractivity contribution >= 4 is 44.7 Å². The normalized spacial score (nSPS) is 10.9. The van der Waals surface area contributed by atoms with Gasteiger partial charge >= 0.3 is 0 Å². The van der Waals surface area contributed by atoms with Gasteiger partial charge < -0.3 is 14.8 Å². The van der Waals surface area contributed by atoms with Crippen LogP contribution in [0.15, 0.2) is 78.4 Å². The van der Waals surface area contributed by atoms with E-state index >= 15 is 0 Å². The van der Waals surface area contributed by atoms with Crippen LogP contribution in [0.3, 0.4) is 0 Å². The van der Waals surface area contributed by atoms with Crippen molar-refractivity contribution in [2.45, 2.75) is 13.5 Å². The van der Waals surface area contributed by atoms with E-state index in [9.17, 15) is 4.39 Å². The van der Waals surface area contributed by atoms with Gasteiger partial charge in [-0.2, -0.15) is 0 Å². The Kier molecular flexibility index (Phi) is 6.79. The van der Waals surface area contributed by atoms with Gasteiger partial charge in [-0.3, -0.25) is 0 Å². The second-order valence-corrected chi connectivity index (χ2v) is 8.99. The largest absolute Gasteiger partial charge is 0.494 e. The Morgan fingerprint density at radius 3 is 2.71 bits per heavy atom. The number of rotatable bonds is 8. The molecule has 5 rings (SSSR count). The standard InChI is InChI=1S/C27H21ClFN3O2S/c1-2-33-21-8-4-6-18(12-21)22-15-35-26-25(22)30-16-31-27(26)32-20-9-10-24(23(28)13-20)34-14-17-5-3-7-19(29)11-17/h3-13,15-16H,2,14H2,1H3,(H,30,31,32). The zero-order valence-electron chi connectivity index (χ0n) is 18.8. The molecule has 0 atom stereocenters. The molecule has 0 spiro atoms. The predicted octanol–water partition coefficient (Wildman–Crippen LogP) is 7.87. The maximum absolute atomic E-state index is 13.4. The van der Waals surface area contributed by atoms with Gasteiger partial charge in [0.25, 0.3) is 0 Å². The minimum absolute atomic E-state index is 0.221. The number of anilines is 2. The van der Waals surface area contributed by atoms with Gasteiger partial charge in [-0.1, -0.05) is 35.9 Å². The summed E-state index contributed by atoms with van der Waals surface area (Å²) in [5.41, 5.74) is 4.42. The molecule has 0 bridgehead atoms. The van der Waals surface area contributed by atoms with Crippen LogP contribution in [0.1, 0.15) is 12.5 Å². The minimum Gasteiger partial charge on any atom is -0.494 e. The lowest BCUT2D eigenvalue weighted by atomic mass is 10.1. The Morgan fingerprint density at radius 2 is 1.89 bits per heavy atom. The van der Waals surface area contributed by atoms with E-state index in [1.807, 2.05) is 37.3 Å². The summed E-state index contributed by atoms with van der Waals surface area (Å²) >= 11 is 8.03. The number of nitrogens with zero attached hydrogens (tertiary/aromatic N) is 2. The summed E-state index contributed by atoms with van der Waals surface area (Å²) in [6.07, 6.45) is 1.55. The summed E-state index contributed by atoms with van der Waals surface area (Å²) in [7, 11) is 0. The van der Waals surface area contributed by atoms with Crippen molar-refractivity contribution in [1.29, 1.82) is 0 Å². The molecule has 5 nitrogen and oxygen atoms in total. The second-order valence-electron chi connectivity index (χ2n) is 7.70. The van der Waals surface area contributed by atoms with Gasteiger partial charge in [0.05, 0.1) is 21.8 Å². The number of fused-ring (bicyclic) bond motifs is 1. The molecule has 176 valence electrons. The van der Waals surface area contributed by atoms with Crippen molar-refractivity contribution < 1.29 is 13.9 Å². The third-order valence-corrected chi connectivity index (χ3v) is 6.56. The zero-order valence-corrected chi connectivity index (χ0v) is 20.4. The van der Waals surface area contributed by atoms with Gasteiger partial charge in [0.1, 0.15) is 30.3 Å². The maximum atomic E-state index is 13.4. The lowest BCUT2D eigenvalue weighted by Crippen LogP contribution is -1.98. The molecular weight excluding hydrogens is 485 g/mol. The number of hydrogen-bond donors (Lipinski definition) is 1. The molecule has 0 aliphatic carbocycles. The van der Waals surface area contributed by atoms with Crippen LogP contribution < -0.4 is 14.8 Å². The smallest absolute Gasteiger partial charge is 0.151 e. The molecule has 0 aliphatic rings. The highest BCUT2D eigenvalue weighted by molar-refractivity contribution is 7.18. The number of nitrogens with one attached hydrogen (secondary N) is 1. The van der Waals surface area contributed by atoms with E-state index in [4.69, 9.17) is 21.1 Å². The Balaban J connectivity index is 1.36. The van der Waals surface area contributed by atoms with E-state index < -0.39 is 0 Å². The lowest BCUT2D eigenvalue weighted by Gasteiger charge is -2.11. The molecule has 2 aromatic heterocycles. The van der Waals surface area contributed by atoms with Crippen LogP contribution in [0.25, 0.3) is 21.3 Å². The summed E-state index contributed by atoms with van der Waals surface area (Å²) in [5, 5.41) is 5.85. The molecule has 0 saturated carbocycles. The first-order valence-electron chi connectivity index (χ1n) is 11.0. The topological polar surface area (TPSA) is 56.3 Å². The first-order chi connectivity index (χ1) is 17.1. The molecule has 0 amide bonds. The molecule has 35 heavy (non-hydrogen) atoms. The number of benzene rings is 3. The van der Waals surface area contributed by atoms with Gasteiger partial charge in [-0.05, 0) is 60.5 Å². The van der Waals surface area contributed by atoms with Crippen molar-refractivity contribution in [2.24, 2.45) is 0 Å². The quantitative estimate of drug-likeness (QED) is 0.232. The first kappa shape index (κ1) is 23.1. The molecule has 0 radical (unpaired) electrons. The number of aromatic nitrogens is 2. The second kappa shape index (κ2) is 10.3. The van der Waals surface area contributed by atoms with Crippen molar-refractivity contribution in [3.63, 3.8) is 0 Å². The lowest BCUT2D eigenvalue weighted by molar-refractivity contribution is 0.306. The average Bonchev–Trinajstić information content (AvgIpc) is 3.29. The Labute approximate surface area is 211 Å². The van der Waals surface area contributed by atoms with Crippen LogP contribution in [0, 0.1) is 5.82 Å². The maximum Gasteiger partial charge on any atom is 0.151 e. The third-order valence-electron chi connectivity index (χ3n) is 5.29. The van der Waals surface area contributed by atoms with Crippen LogP contribution in [-0.2, 0) is 6.61 Å². The van der Waals surface area contributed by atoms with E-state index in [0.717, 1.165) is 38.3 Å². The molecule has 2 heterocycles. The van der Waals surface area contributed by atoms with Gasteiger partial charge in [0.2, 0.25) is 0 Å². The SMILES string of the molecule is CCOc1cccc(-c2csc3c(Nc4ccc(OCc5cccc(F)c5)c(Cl)c4)ncnc23)c1. The number of hydrogen-bond acceptors (Lipinski definition) is 6. The van der Waals surface area contributed by atoms with Crippen LogP contribution in [0.4, 0.5) is 15.9 Å². The summed E-state index contributed by atoms with van der Waals surface area (Å²) < 4.78 is 25.7. The van der Waals surface area contributed by atoms with E-state index in [2.05, 4.69) is 20.7 Å². The first-order valence-corrected chi connectivity index (χ1v) is 12.3. The summed E-state index contributed by atoms with van der Waals surface area (Å²) in [6.45, 7) is 2.80. The van der Waals surface area contributed by atoms with Gasteiger partial charge in [0, 0.05) is 16.6 Å². The number of halogens is 2. The van der Waals surface area contributed by atoms with Crippen LogP contribution in [0.5, 0.6) is 11.5 Å². The molecule has 3 aromatic carbocycles. The molecule has 0 fully saturated rings. The van der Waals surface area contributed by atoms with Gasteiger partial charge in [-0.15, -0.1) is 11.3 Å². The van der Waals surface area contributed by atoms with Crippen molar-refractivity contribution in [3.8, 4) is 22.6 Å². The predicted molar refractivity (Wildman–Crippen MR) is 139 cm³/mol. The zero-order chi connectivity index (χ0) is 24.2. The highest BCUT2D eigenvalue weighted by atomic mass is 35.5. The summed E-state index contributed by atoms with van der Waals surface area (Å²) in [5.74, 6) is 1.73. The Bertz CT molecular complexity index is 1490. The fourth-order valence-electron chi connectivity index (χ4n) is 3.68. The fraction of sp³-hybridized carbons (Fsp3) is 0.111. The van der Waals surface area contributed by atoms with E-state index in [1.54, 1.807) is 41.9 Å². The molecule has 8 heteroatoms. The Hall–Kier alpha value is -3.68. The average molecular weight is 506 g/mol. The van der Waals surface area contributed by atoms with Gasteiger partial charge in [-0.25, -0.2) is 14.4 Å². The third kappa shape index (κ3) is 5.21. The minimum atomic E-state index is -0.299. The number of thiophene rings is 1. The van der Waals surface area contributed by atoms with Crippen LogP contribution in [0.2, 0.25) is 5.02 Å². The monoisotopic (exact) mass is 505 g/mol. The van der Waals surface area contributed by atoms with E-state index in [1.165, 1.54) is 12.1 Å². The fourth-order valence-corrected chi connectivity index (χ4v) is 4.89. The van der Waals surface area contributed by atoms with Crippen molar-refractivity contribution in [3.05, 3.63) is 94.8 Å². The molecular formula is C27H21ClFN3O2S. The molecule has 5 aromatic rings. The van der Waals surface area contributed by atoms with E-state index in [0.29, 0.717) is 23.2 Å². The molecule has 0 saturated heterocycles. The summed E-state index contributed by atoms with van der Waals surface area (Å²) in [6, 6.07) is 19.7. The van der Waals surface area contributed by atoms with Crippen molar-refractivity contribution in [2.75, 3.05) is 11.9 Å². The summed E-state index contributed by atoms with van der Waals surface area (Å²) in [4.78, 5) is 8.98. The molecule has 0 aliphatic heterocycles. The van der Waals surface area contributed by atoms with Crippen molar-refractivity contribution in [1.82, 2.24) is 9.97 Å².